The van der Waals surface area contributed by atoms with Crippen LogP contribution in [-0.2, 0) is 4.79 Å². The number of hydrogen-bond donors (Lipinski definition) is 0. The highest BCUT2D eigenvalue weighted by atomic mass is 16.1. The second-order valence-electron chi connectivity index (χ2n) is 4.87. The quantitative estimate of drug-likeness (QED) is 0.608. The second-order valence-corrected chi connectivity index (χ2v) is 4.87. The second kappa shape index (κ2) is 2.97. The van der Waals surface area contributed by atoms with Gasteiger partial charge < -0.3 is 0 Å². The first kappa shape index (κ1) is 10.5. The summed E-state index contributed by atoms with van der Waals surface area (Å²) in [5, 5.41) is 0. The summed E-state index contributed by atoms with van der Waals surface area (Å²) in [5.41, 5.74) is 1.20. The van der Waals surface area contributed by atoms with Crippen LogP contribution in [0.5, 0.6) is 0 Å². The van der Waals surface area contributed by atoms with Crippen LogP contribution < -0.4 is 0 Å². The fraction of sp³-hybridized carbons (Fsp3) is 0.750. The maximum atomic E-state index is 11.0. The van der Waals surface area contributed by atoms with Crippen LogP contribution in [0, 0.1) is 16.7 Å². The molecule has 73 valence electrons. The zero-order valence-electron chi connectivity index (χ0n) is 9.27. The minimum atomic E-state index is -0.204. The van der Waals surface area contributed by atoms with Crippen molar-refractivity contribution in [2.24, 2.45) is 16.7 Å². The van der Waals surface area contributed by atoms with E-state index in [0.29, 0.717) is 5.92 Å². The van der Waals surface area contributed by atoms with Gasteiger partial charge in [0.15, 0.2) is 0 Å². The Morgan fingerprint density at radius 3 is 2.23 bits per heavy atom. The smallest absolute Gasteiger partial charge is 0.206 e. The largest absolute Gasteiger partial charge is 0.290 e. The molecule has 0 aromatic heterocycles. The van der Waals surface area contributed by atoms with Crippen molar-refractivity contribution in [2.75, 3.05) is 0 Å². The minimum Gasteiger partial charge on any atom is -0.290 e. The molecular weight excluding hydrogens is 160 g/mol. The zero-order chi connectivity index (χ0) is 10.3. The molecule has 0 spiro atoms. The molecule has 1 nitrogen and oxygen atoms in total. The van der Waals surface area contributed by atoms with Gasteiger partial charge in [-0.3, -0.25) is 4.79 Å². The average molecular weight is 179 g/mol. The van der Waals surface area contributed by atoms with E-state index in [-0.39, 0.29) is 10.8 Å². The Morgan fingerprint density at radius 1 is 1.46 bits per heavy atom. The molecule has 1 heteroatoms. The first-order valence-corrected chi connectivity index (χ1v) is 4.96. The van der Waals surface area contributed by atoms with Gasteiger partial charge in [-0.05, 0) is 31.6 Å². The molecular formula is C12H19O. The highest BCUT2D eigenvalue weighted by Crippen LogP contribution is 2.70. The van der Waals surface area contributed by atoms with Crippen LogP contribution in [0.4, 0.5) is 0 Å². The van der Waals surface area contributed by atoms with E-state index in [1.165, 1.54) is 5.57 Å². The van der Waals surface area contributed by atoms with Crippen molar-refractivity contribution >= 4 is 6.29 Å². The van der Waals surface area contributed by atoms with Gasteiger partial charge in [0.25, 0.3) is 0 Å². The van der Waals surface area contributed by atoms with E-state index in [2.05, 4.69) is 47.0 Å². The third kappa shape index (κ3) is 1.25. The highest BCUT2D eigenvalue weighted by molar-refractivity contribution is 5.69. The summed E-state index contributed by atoms with van der Waals surface area (Å²) in [6, 6.07) is 0. The summed E-state index contributed by atoms with van der Waals surface area (Å²) in [7, 11) is 0. The molecule has 0 saturated heterocycles. The number of allylic oxidation sites excluding steroid dienone is 2. The maximum absolute atomic E-state index is 11.0. The highest BCUT2D eigenvalue weighted by Gasteiger charge is 2.69. The molecule has 1 rings (SSSR count). The number of carbonyl (C=O) groups excluding carboxylic acids is 1. The minimum absolute atomic E-state index is 0.112. The van der Waals surface area contributed by atoms with Gasteiger partial charge >= 0.3 is 0 Å². The summed E-state index contributed by atoms with van der Waals surface area (Å²) in [5.74, 6) is 0.396. The summed E-state index contributed by atoms with van der Waals surface area (Å²) >= 11 is 0. The third-order valence-electron chi connectivity index (χ3n) is 3.61. The Balaban J connectivity index is 2.93. The SMILES string of the molecule is CCC1([C]=O)C(C=C(C)C)C1(C)C. The molecule has 13 heavy (non-hydrogen) atoms. The topological polar surface area (TPSA) is 17.1 Å². The van der Waals surface area contributed by atoms with Gasteiger partial charge in [-0.25, -0.2) is 0 Å². The average Bonchev–Trinajstić information content (AvgIpc) is 2.48. The fourth-order valence-corrected chi connectivity index (χ4v) is 2.52. The zero-order valence-corrected chi connectivity index (χ0v) is 9.27. The monoisotopic (exact) mass is 179 g/mol. The molecule has 1 fully saturated rings. The lowest BCUT2D eigenvalue weighted by Gasteiger charge is -2.06. The molecule has 1 aliphatic rings. The number of hydrogen-bond acceptors (Lipinski definition) is 1. The van der Waals surface area contributed by atoms with Crippen molar-refractivity contribution in [3.05, 3.63) is 11.6 Å². The van der Waals surface area contributed by atoms with Gasteiger partial charge in [0.1, 0.15) is 0 Å². The van der Waals surface area contributed by atoms with Gasteiger partial charge in [-0.1, -0.05) is 32.4 Å². The van der Waals surface area contributed by atoms with Crippen LogP contribution in [0.15, 0.2) is 11.6 Å². The lowest BCUT2D eigenvalue weighted by Crippen LogP contribution is -2.08. The van der Waals surface area contributed by atoms with Crippen molar-refractivity contribution < 1.29 is 4.79 Å². The Hall–Kier alpha value is -0.590. The number of rotatable bonds is 3. The molecule has 2 unspecified atom stereocenters. The maximum Gasteiger partial charge on any atom is 0.206 e. The van der Waals surface area contributed by atoms with Crippen LogP contribution in [-0.4, -0.2) is 6.29 Å². The van der Waals surface area contributed by atoms with E-state index in [1.54, 1.807) is 0 Å². The van der Waals surface area contributed by atoms with Crippen LogP contribution in [0.3, 0.4) is 0 Å². The molecule has 0 aromatic carbocycles. The summed E-state index contributed by atoms with van der Waals surface area (Å²) in [6.07, 6.45) is 5.37. The van der Waals surface area contributed by atoms with E-state index >= 15 is 0 Å². The van der Waals surface area contributed by atoms with E-state index in [9.17, 15) is 4.79 Å². The lowest BCUT2D eigenvalue weighted by molar-refractivity contribution is 0.438. The molecule has 0 N–H and O–H groups in total. The van der Waals surface area contributed by atoms with Crippen molar-refractivity contribution in [2.45, 2.75) is 41.0 Å². The Bertz CT molecular complexity index is 246. The van der Waals surface area contributed by atoms with Gasteiger partial charge in [-0.2, -0.15) is 0 Å². The summed E-state index contributed by atoms with van der Waals surface area (Å²) in [6.45, 7) is 10.6. The van der Waals surface area contributed by atoms with Gasteiger partial charge in [0, 0.05) is 5.41 Å². The molecule has 0 aliphatic heterocycles. The predicted molar refractivity (Wildman–Crippen MR) is 55.1 cm³/mol. The van der Waals surface area contributed by atoms with Crippen LogP contribution in [0.2, 0.25) is 0 Å². The first-order chi connectivity index (χ1) is 5.92. The molecule has 1 saturated carbocycles. The van der Waals surface area contributed by atoms with Crippen LogP contribution >= 0.6 is 0 Å². The summed E-state index contributed by atoms with van der Waals surface area (Å²) < 4.78 is 0. The van der Waals surface area contributed by atoms with Gasteiger partial charge in [0.2, 0.25) is 6.29 Å². The molecule has 1 radical (unpaired) electrons. The van der Waals surface area contributed by atoms with Gasteiger partial charge in [-0.15, -0.1) is 0 Å². The Kier molecular flexibility index (Phi) is 2.40. The van der Waals surface area contributed by atoms with Crippen molar-refractivity contribution in [3.8, 4) is 0 Å². The molecule has 0 heterocycles. The van der Waals surface area contributed by atoms with Crippen LogP contribution in [0.1, 0.15) is 41.0 Å². The van der Waals surface area contributed by atoms with E-state index in [1.807, 2.05) is 0 Å². The van der Waals surface area contributed by atoms with Crippen molar-refractivity contribution in [1.29, 1.82) is 0 Å². The van der Waals surface area contributed by atoms with Gasteiger partial charge in [0.05, 0.1) is 0 Å². The predicted octanol–water partition coefficient (Wildman–Crippen LogP) is 3.11. The van der Waals surface area contributed by atoms with Crippen LogP contribution in [0.25, 0.3) is 0 Å². The summed E-state index contributed by atoms with van der Waals surface area (Å²) in [4.78, 5) is 11.0. The third-order valence-corrected chi connectivity index (χ3v) is 3.61. The van der Waals surface area contributed by atoms with Crippen molar-refractivity contribution in [1.82, 2.24) is 0 Å². The fourth-order valence-electron chi connectivity index (χ4n) is 2.52. The molecule has 0 bridgehead atoms. The van der Waals surface area contributed by atoms with E-state index < -0.39 is 0 Å². The standard InChI is InChI=1S/C12H19O/c1-6-12(8-13)10(7-9(2)3)11(12,4)5/h7,10H,6H2,1-5H3. The Morgan fingerprint density at radius 2 is 2.00 bits per heavy atom. The van der Waals surface area contributed by atoms with E-state index in [4.69, 9.17) is 0 Å². The Labute approximate surface area is 81.2 Å². The normalized spacial score (nSPS) is 35.3. The van der Waals surface area contributed by atoms with E-state index in [0.717, 1.165) is 6.42 Å². The molecule has 0 aromatic rings. The molecule has 2 atom stereocenters. The van der Waals surface area contributed by atoms with Crippen molar-refractivity contribution in [3.63, 3.8) is 0 Å². The first-order valence-electron chi connectivity index (χ1n) is 4.96. The lowest BCUT2D eigenvalue weighted by atomic mass is 9.95. The molecule has 1 aliphatic carbocycles. The molecule has 0 amide bonds.